The summed E-state index contributed by atoms with van der Waals surface area (Å²) >= 11 is 1.64. The van der Waals surface area contributed by atoms with Crippen LogP contribution in [0.4, 0.5) is 10.9 Å². The topological polar surface area (TPSA) is 64.5 Å². The first-order valence-corrected chi connectivity index (χ1v) is 10.5. The Morgan fingerprint density at radius 1 is 1.19 bits per heavy atom. The van der Waals surface area contributed by atoms with Crippen molar-refractivity contribution in [3.63, 3.8) is 0 Å². The molecule has 4 heterocycles. The van der Waals surface area contributed by atoms with E-state index in [0.717, 1.165) is 43.7 Å². The Morgan fingerprint density at radius 3 is 2.78 bits per heavy atom. The summed E-state index contributed by atoms with van der Waals surface area (Å²) in [5.41, 5.74) is 2.97. The summed E-state index contributed by atoms with van der Waals surface area (Å²) in [6, 6.07) is 2.23. The smallest absolute Gasteiger partial charge is 0.184 e. The number of aliphatic hydroxyl groups is 1. The lowest BCUT2D eigenvalue weighted by Gasteiger charge is -2.25. The number of nitrogens with zero attached hydrogens (tertiary/aromatic N) is 4. The molecule has 2 aliphatic rings. The van der Waals surface area contributed by atoms with Crippen molar-refractivity contribution in [2.24, 2.45) is 5.41 Å². The number of aliphatic hydroxyl groups excluding tert-OH is 1. The van der Waals surface area contributed by atoms with Gasteiger partial charge in [-0.2, -0.15) is 0 Å². The van der Waals surface area contributed by atoms with E-state index >= 15 is 0 Å². The molecule has 2 N–H and O–H groups in total. The van der Waals surface area contributed by atoms with Gasteiger partial charge in [0.2, 0.25) is 0 Å². The minimum atomic E-state index is -0.567. The lowest BCUT2D eigenvalue weighted by molar-refractivity contribution is 0.224. The Morgan fingerprint density at radius 2 is 2.00 bits per heavy atom. The van der Waals surface area contributed by atoms with Crippen molar-refractivity contribution in [2.75, 3.05) is 36.4 Å². The van der Waals surface area contributed by atoms with Crippen LogP contribution in [-0.2, 0) is 6.54 Å². The van der Waals surface area contributed by atoms with E-state index in [9.17, 15) is 5.11 Å². The van der Waals surface area contributed by atoms with Crippen LogP contribution in [0.3, 0.4) is 0 Å². The molecule has 0 radical (unpaired) electrons. The van der Waals surface area contributed by atoms with Crippen LogP contribution in [0, 0.1) is 19.3 Å². The van der Waals surface area contributed by atoms with Crippen LogP contribution in [0.5, 0.6) is 0 Å². The van der Waals surface area contributed by atoms with Gasteiger partial charge in [-0.15, -0.1) is 11.3 Å². The van der Waals surface area contributed by atoms with Gasteiger partial charge in [-0.05, 0) is 57.4 Å². The van der Waals surface area contributed by atoms with Crippen molar-refractivity contribution in [2.45, 2.75) is 46.4 Å². The zero-order valence-corrected chi connectivity index (χ0v) is 17.2. The third-order valence-corrected chi connectivity index (χ3v) is 6.82. The molecule has 2 fully saturated rings. The Balaban J connectivity index is 1.36. The maximum Gasteiger partial charge on any atom is 0.184 e. The molecular weight excluding hydrogens is 358 g/mol. The molecule has 2 aromatic heterocycles. The van der Waals surface area contributed by atoms with Crippen molar-refractivity contribution in [3.05, 3.63) is 34.5 Å². The predicted molar refractivity (Wildman–Crippen MR) is 110 cm³/mol. The van der Waals surface area contributed by atoms with Crippen molar-refractivity contribution in [1.82, 2.24) is 14.9 Å². The van der Waals surface area contributed by atoms with Gasteiger partial charge in [0.15, 0.2) is 5.13 Å². The summed E-state index contributed by atoms with van der Waals surface area (Å²) in [4.78, 5) is 15.3. The summed E-state index contributed by atoms with van der Waals surface area (Å²) in [6.07, 6.45) is 5.86. The van der Waals surface area contributed by atoms with Crippen molar-refractivity contribution < 1.29 is 5.11 Å². The zero-order chi connectivity index (χ0) is 19.0. The molecule has 2 unspecified atom stereocenters. The van der Waals surface area contributed by atoms with Crippen molar-refractivity contribution in [3.8, 4) is 0 Å². The van der Waals surface area contributed by atoms with E-state index in [1.165, 1.54) is 28.8 Å². The van der Waals surface area contributed by atoms with Gasteiger partial charge in [-0.1, -0.05) is 0 Å². The highest BCUT2D eigenvalue weighted by atomic mass is 32.1. The minimum absolute atomic E-state index is 0.395. The first-order chi connectivity index (χ1) is 12.9. The third kappa shape index (κ3) is 4.10. The largest absolute Gasteiger partial charge is 0.374 e. The van der Waals surface area contributed by atoms with E-state index in [1.54, 1.807) is 18.3 Å². The molecule has 7 heteroatoms. The fraction of sp³-hybridized carbons (Fsp3) is 0.600. The summed E-state index contributed by atoms with van der Waals surface area (Å²) in [7, 11) is 0. The van der Waals surface area contributed by atoms with Crippen molar-refractivity contribution in [1.29, 1.82) is 0 Å². The number of hydrogen-bond acceptors (Lipinski definition) is 7. The summed E-state index contributed by atoms with van der Waals surface area (Å²) in [5, 5.41) is 13.2. The van der Waals surface area contributed by atoms with E-state index in [4.69, 9.17) is 0 Å². The second-order valence-corrected chi connectivity index (χ2v) is 9.33. The van der Waals surface area contributed by atoms with Gasteiger partial charge in [0.25, 0.3) is 0 Å². The van der Waals surface area contributed by atoms with Crippen molar-refractivity contribution >= 4 is 22.3 Å². The molecule has 4 rings (SSSR count). The Hall–Kier alpha value is -1.70. The monoisotopic (exact) mass is 387 g/mol. The maximum absolute atomic E-state index is 9.43. The van der Waals surface area contributed by atoms with Crippen LogP contribution < -0.4 is 10.2 Å². The first kappa shape index (κ1) is 18.7. The molecule has 2 aliphatic heterocycles. The minimum Gasteiger partial charge on any atom is -0.374 e. The third-order valence-electron chi connectivity index (χ3n) is 5.90. The molecule has 0 saturated carbocycles. The number of aromatic nitrogens is 2. The van der Waals surface area contributed by atoms with Crippen LogP contribution in [-0.4, -0.2) is 52.4 Å². The van der Waals surface area contributed by atoms with Gasteiger partial charge in [0, 0.05) is 48.9 Å². The zero-order valence-electron chi connectivity index (χ0n) is 16.4. The molecular formula is C20H29N5OS. The predicted octanol–water partition coefficient (Wildman–Crippen LogP) is 3.01. The number of likely N-dealkylation sites (tertiary alicyclic amines) is 1. The Bertz CT molecular complexity index is 807. The molecule has 146 valence electrons. The molecule has 0 aliphatic carbocycles. The lowest BCUT2D eigenvalue weighted by atomic mass is 9.86. The molecule has 2 saturated heterocycles. The lowest BCUT2D eigenvalue weighted by Crippen LogP contribution is -2.31. The average molecular weight is 388 g/mol. The van der Waals surface area contributed by atoms with Crippen LogP contribution in [0.25, 0.3) is 0 Å². The standard InChI is InChI=1S/C20H29N5OS/c1-14-8-18(21-9-15(14)2)25-7-5-20(13-25)4-6-24(12-20)11-17-10-22-19(27-17)23-16(3)26/h8-10,16,26H,4-7,11-13H2,1-3H3,(H,22,23). The Labute approximate surface area is 165 Å². The molecule has 1 spiro atoms. The molecule has 0 aromatic carbocycles. The summed E-state index contributed by atoms with van der Waals surface area (Å²) < 4.78 is 0. The maximum atomic E-state index is 9.43. The summed E-state index contributed by atoms with van der Waals surface area (Å²) in [6.45, 7) is 11.4. The van der Waals surface area contributed by atoms with E-state index in [-0.39, 0.29) is 0 Å². The summed E-state index contributed by atoms with van der Waals surface area (Å²) in [5.74, 6) is 1.13. The van der Waals surface area contributed by atoms with Crippen LogP contribution in [0.1, 0.15) is 35.8 Å². The van der Waals surface area contributed by atoms with E-state index in [0.29, 0.717) is 5.41 Å². The Kier molecular flexibility index (Phi) is 5.09. The van der Waals surface area contributed by atoms with Gasteiger partial charge in [0.05, 0.1) is 0 Å². The number of aryl methyl sites for hydroxylation is 2. The van der Waals surface area contributed by atoms with Gasteiger partial charge in [-0.25, -0.2) is 9.97 Å². The van der Waals surface area contributed by atoms with Gasteiger partial charge < -0.3 is 15.3 Å². The SMILES string of the molecule is Cc1cnc(N2CCC3(CCN(Cc4cnc(NC(C)O)s4)C3)C2)cc1C. The molecule has 2 aromatic rings. The normalized spacial score (nSPS) is 24.1. The quantitative estimate of drug-likeness (QED) is 0.769. The number of hydrogen-bond donors (Lipinski definition) is 2. The molecule has 27 heavy (non-hydrogen) atoms. The number of pyridine rings is 1. The van der Waals surface area contributed by atoms with Crippen LogP contribution >= 0.6 is 11.3 Å². The number of thiazole rings is 1. The highest BCUT2D eigenvalue weighted by Crippen LogP contribution is 2.41. The van der Waals surface area contributed by atoms with Gasteiger partial charge in [0.1, 0.15) is 12.0 Å². The fourth-order valence-electron chi connectivity index (χ4n) is 4.26. The van der Waals surface area contributed by atoms with E-state index in [1.807, 2.05) is 12.4 Å². The number of rotatable bonds is 5. The molecule has 0 amide bonds. The number of nitrogens with one attached hydrogen (secondary N) is 1. The van der Waals surface area contributed by atoms with E-state index < -0.39 is 6.23 Å². The van der Waals surface area contributed by atoms with Crippen LogP contribution in [0.15, 0.2) is 18.5 Å². The molecule has 6 nitrogen and oxygen atoms in total. The highest BCUT2D eigenvalue weighted by molar-refractivity contribution is 7.15. The second kappa shape index (κ2) is 7.37. The number of anilines is 2. The highest BCUT2D eigenvalue weighted by Gasteiger charge is 2.43. The van der Waals surface area contributed by atoms with Gasteiger partial charge in [-0.3, -0.25) is 4.90 Å². The average Bonchev–Trinajstić information content (AvgIpc) is 3.32. The van der Waals surface area contributed by atoms with E-state index in [2.05, 4.69) is 45.0 Å². The molecule has 2 atom stereocenters. The fourth-order valence-corrected chi connectivity index (χ4v) is 5.19. The van der Waals surface area contributed by atoms with Gasteiger partial charge >= 0.3 is 0 Å². The first-order valence-electron chi connectivity index (χ1n) is 9.72. The second-order valence-electron chi connectivity index (χ2n) is 8.21. The molecule has 0 bridgehead atoms. The van der Waals surface area contributed by atoms with Crippen LogP contribution in [0.2, 0.25) is 0 Å².